The molecule has 4 nitrogen and oxygen atoms in total. The van der Waals surface area contributed by atoms with Crippen molar-refractivity contribution in [3.8, 4) is 0 Å². The molecule has 0 aliphatic carbocycles. The monoisotopic (exact) mass is 288 g/mol. The van der Waals surface area contributed by atoms with E-state index in [0.717, 1.165) is 16.9 Å². The molecule has 2 rings (SSSR count). The van der Waals surface area contributed by atoms with Crippen LogP contribution in [0.15, 0.2) is 0 Å². The molecule has 116 valence electrons. The van der Waals surface area contributed by atoms with Gasteiger partial charge in [0, 0.05) is 11.7 Å². The van der Waals surface area contributed by atoms with E-state index in [9.17, 15) is 0 Å². The zero-order valence-electron chi connectivity index (χ0n) is 14.0. The highest BCUT2D eigenvalue weighted by atomic mass is 15.1. The summed E-state index contributed by atoms with van der Waals surface area (Å²) < 4.78 is 2.35. The standard InChI is InChI=1S/C17H28N4/c1-6-7-8-9-10-11(2)21-13(4)12(3)15-16(18)19-14(5)20-17(15)21/h11H,6-10H2,1-5H3,(H2,18,19,20). The molecule has 0 spiro atoms. The van der Waals surface area contributed by atoms with Crippen molar-refractivity contribution in [1.82, 2.24) is 14.5 Å². The average molecular weight is 288 g/mol. The van der Waals surface area contributed by atoms with Gasteiger partial charge < -0.3 is 10.3 Å². The number of aryl methyl sites for hydroxylation is 2. The molecule has 2 N–H and O–H groups in total. The number of nitrogens with zero attached hydrogens (tertiary/aromatic N) is 3. The topological polar surface area (TPSA) is 56.7 Å². The van der Waals surface area contributed by atoms with E-state index in [1.165, 1.54) is 43.4 Å². The summed E-state index contributed by atoms with van der Waals surface area (Å²) in [6.07, 6.45) is 6.38. The van der Waals surface area contributed by atoms with Crippen LogP contribution >= 0.6 is 0 Å². The number of anilines is 1. The summed E-state index contributed by atoms with van der Waals surface area (Å²) in [6, 6.07) is 0.451. The molecule has 1 unspecified atom stereocenters. The van der Waals surface area contributed by atoms with Crippen LogP contribution in [-0.2, 0) is 0 Å². The first-order chi connectivity index (χ1) is 9.97. The van der Waals surface area contributed by atoms with Crippen molar-refractivity contribution in [2.45, 2.75) is 72.8 Å². The SMILES string of the molecule is CCCCCCC(C)n1c(C)c(C)c2c(N)nc(C)nc21. The van der Waals surface area contributed by atoms with Crippen molar-refractivity contribution in [2.75, 3.05) is 5.73 Å². The van der Waals surface area contributed by atoms with E-state index in [2.05, 4.69) is 42.2 Å². The van der Waals surface area contributed by atoms with Crippen LogP contribution in [0.5, 0.6) is 0 Å². The Balaban J connectivity index is 2.37. The van der Waals surface area contributed by atoms with Gasteiger partial charge in [-0.25, -0.2) is 9.97 Å². The number of hydrogen-bond donors (Lipinski definition) is 1. The van der Waals surface area contributed by atoms with E-state index in [4.69, 9.17) is 5.73 Å². The van der Waals surface area contributed by atoms with Gasteiger partial charge in [0.25, 0.3) is 0 Å². The van der Waals surface area contributed by atoms with Crippen molar-refractivity contribution >= 4 is 16.9 Å². The second-order valence-corrected chi connectivity index (χ2v) is 6.13. The lowest BCUT2D eigenvalue weighted by Gasteiger charge is -2.17. The molecule has 0 bridgehead atoms. The summed E-state index contributed by atoms with van der Waals surface area (Å²) in [5, 5.41) is 1.03. The zero-order valence-corrected chi connectivity index (χ0v) is 14.0. The second-order valence-electron chi connectivity index (χ2n) is 6.13. The first-order valence-corrected chi connectivity index (χ1v) is 8.08. The minimum absolute atomic E-state index is 0.451. The molecule has 0 saturated heterocycles. The highest BCUT2D eigenvalue weighted by Crippen LogP contribution is 2.31. The Morgan fingerprint density at radius 2 is 1.81 bits per heavy atom. The van der Waals surface area contributed by atoms with Gasteiger partial charge in [0.2, 0.25) is 0 Å². The lowest BCUT2D eigenvalue weighted by molar-refractivity contribution is 0.474. The van der Waals surface area contributed by atoms with Crippen LogP contribution in [0.2, 0.25) is 0 Å². The summed E-state index contributed by atoms with van der Waals surface area (Å²) >= 11 is 0. The molecule has 2 heterocycles. The van der Waals surface area contributed by atoms with Crippen molar-refractivity contribution in [3.05, 3.63) is 17.1 Å². The summed E-state index contributed by atoms with van der Waals surface area (Å²) in [7, 11) is 0. The Morgan fingerprint density at radius 1 is 1.10 bits per heavy atom. The van der Waals surface area contributed by atoms with E-state index in [0.29, 0.717) is 11.9 Å². The van der Waals surface area contributed by atoms with Gasteiger partial charge in [-0.2, -0.15) is 0 Å². The summed E-state index contributed by atoms with van der Waals surface area (Å²) in [5.41, 5.74) is 9.59. The van der Waals surface area contributed by atoms with Crippen molar-refractivity contribution in [1.29, 1.82) is 0 Å². The molecule has 0 aromatic carbocycles. The number of unbranched alkanes of at least 4 members (excludes halogenated alkanes) is 3. The third-order valence-corrected chi connectivity index (χ3v) is 4.45. The molecule has 0 radical (unpaired) electrons. The molecular weight excluding hydrogens is 260 g/mol. The first-order valence-electron chi connectivity index (χ1n) is 8.08. The number of aromatic nitrogens is 3. The van der Waals surface area contributed by atoms with Gasteiger partial charge in [-0.15, -0.1) is 0 Å². The first kappa shape index (κ1) is 15.8. The Morgan fingerprint density at radius 3 is 2.48 bits per heavy atom. The maximum atomic E-state index is 6.12. The highest BCUT2D eigenvalue weighted by Gasteiger charge is 2.19. The summed E-state index contributed by atoms with van der Waals surface area (Å²) in [6.45, 7) is 10.7. The highest BCUT2D eigenvalue weighted by molar-refractivity contribution is 5.91. The van der Waals surface area contributed by atoms with Crippen molar-refractivity contribution in [2.24, 2.45) is 0 Å². The maximum Gasteiger partial charge on any atom is 0.146 e. The molecule has 0 saturated carbocycles. The predicted molar refractivity (Wildman–Crippen MR) is 89.6 cm³/mol. The van der Waals surface area contributed by atoms with E-state index < -0.39 is 0 Å². The fourth-order valence-corrected chi connectivity index (χ4v) is 3.17. The van der Waals surface area contributed by atoms with Gasteiger partial charge in [-0.3, -0.25) is 0 Å². The van der Waals surface area contributed by atoms with Crippen LogP contribution in [0, 0.1) is 20.8 Å². The smallest absolute Gasteiger partial charge is 0.146 e. The molecule has 0 amide bonds. The van der Waals surface area contributed by atoms with E-state index in [1.807, 2.05) is 6.92 Å². The molecule has 0 aliphatic heterocycles. The fraction of sp³-hybridized carbons (Fsp3) is 0.647. The maximum absolute atomic E-state index is 6.12. The van der Waals surface area contributed by atoms with Gasteiger partial charge in [-0.1, -0.05) is 32.6 Å². The van der Waals surface area contributed by atoms with Gasteiger partial charge in [0.15, 0.2) is 0 Å². The van der Waals surface area contributed by atoms with Crippen LogP contribution in [0.1, 0.15) is 69.1 Å². The molecule has 2 aromatic heterocycles. The van der Waals surface area contributed by atoms with Gasteiger partial charge >= 0.3 is 0 Å². The van der Waals surface area contributed by atoms with Crippen LogP contribution in [0.25, 0.3) is 11.0 Å². The van der Waals surface area contributed by atoms with Gasteiger partial charge in [0.05, 0.1) is 5.39 Å². The Labute approximate surface area is 127 Å². The van der Waals surface area contributed by atoms with E-state index in [1.54, 1.807) is 0 Å². The lowest BCUT2D eigenvalue weighted by atomic mass is 10.1. The lowest BCUT2D eigenvalue weighted by Crippen LogP contribution is -2.09. The number of hydrogen-bond acceptors (Lipinski definition) is 3. The number of nitrogens with two attached hydrogens (primary N) is 1. The van der Waals surface area contributed by atoms with Crippen LogP contribution in [0.3, 0.4) is 0 Å². The Bertz CT molecular complexity index is 627. The van der Waals surface area contributed by atoms with E-state index in [-0.39, 0.29) is 0 Å². The van der Waals surface area contributed by atoms with Gasteiger partial charge in [-0.05, 0) is 39.7 Å². The molecule has 21 heavy (non-hydrogen) atoms. The second kappa shape index (κ2) is 6.46. The Hall–Kier alpha value is -1.58. The summed E-state index contributed by atoms with van der Waals surface area (Å²) in [5.74, 6) is 1.35. The van der Waals surface area contributed by atoms with Crippen LogP contribution in [-0.4, -0.2) is 14.5 Å². The normalized spacial score (nSPS) is 13.0. The van der Waals surface area contributed by atoms with Crippen molar-refractivity contribution < 1.29 is 0 Å². The third-order valence-electron chi connectivity index (χ3n) is 4.45. The quantitative estimate of drug-likeness (QED) is 0.798. The minimum atomic E-state index is 0.451. The Kier molecular flexibility index (Phi) is 4.86. The van der Waals surface area contributed by atoms with Crippen LogP contribution in [0.4, 0.5) is 5.82 Å². The molecular formula is C17H28N4. The molecule has 1 atom stereocenters. The minimum Gasteiger partial charge on any atom is -0.383 e. The zero-order chi connectivity index (χ0) is 15.6. The fourth-order valence-electron chi connectivity index (χ4n) is 3.17. The van der Waals surface area contributed by atoms with Gasteiger partial charge in [0.1, 0.15) is 17.3 Å². The number of nitrogen functional groups attached to an aromatic ring is 1. The number of rotatable bonds is 6. The molecule has 0 fully saturated rings. The largest absolute Gasteiger partial charge is 0.383 e. The van der Waals surface area contributed by atoms with E-state index >= 15 is 0 Å². The van der Waals surface area contributed by atoms with Crippen LogP contribution < -0.4 is 5.73 Å². The molecule has 4 heteroatoms. The number of fused-ring (bicyclic) bond motifs is 1. The predicted octanol–water partition coefficient (Wildman–Crippen LogP) is 4.47. The average Bonchev–Trinajstić information content (AvgIpc) is 2.66. The molecule has 2 aromatic rings. The van der Waals surface area contributed by atoms with Crippen molar-refractivity contribution in [3.63, 3.8) is 0 Å². The summed E-state index contributed by atoms with van der Waals surface area (Å²) in [4.78, 5) is 8.97. The molecule has 0 aliphatic rings. The third kappa shape index (κ3) is 3.04.